The van der Waals surface area contributed by atoms with Crippen molar-refractivity contribution in [2.45, 2.75) is 51.5 Å². The Morgan fingerprint density at radius 2 is 2.05 bits per heavy atom. The molecule has 0 spiro atoms. The van der Waals surface area contributed by atoms with Crippen molar-refractivity contribution in [2.24, 2.45) is 0 Å². The van der Waals surface area contributed by atoms with Gasteiger partial charge in [-0.25, -0.2) is 4.98 Å². The zero-order chi connectivity index (χ0) is 15.2. The summed E-state index contributed by atoms with van der Waals surface area (Å²) in [6, 6.07) is 0.315. The van der Waals surface area contributed by atoms with E-state index in [1.54, 1.807) is 0 Å². The second-order valence-electron chi connectivity index (χ2n) is 5.45. The van der Waals surface area contributed by atoms with Crippen molar-refractivity contribution >= 4 is 17.5 Å². The third-order valence-corrected chi connectivity index (χ3v) is 3.99. The first kappa shape index (κ1) is 15.5. The van der Waals surface area contributed by atoms with Gasteiger partial charge in [0, 0.05) is 19.6 Å². The number of hydrogen-bond donors (Lipinski definition) is 1. The van der Waals surface area contributed by atoms with Crippen molar-refractivity contribution in [3.05, 3.63) is 16.3 Å². The third-order valence-electron chi connectivity index (χ3n) is 3.99. The summed E-state index contributed by atoms with van der Waals surface area (Å²) in [4.78, 5) is 21.1. The van der Waals surface area contributed by atoms with Gasteiger partial charge in [0.1, 0.15) is 6.20 Å². The number of anilines is 2. The minimum atomic E-state index is -0.405. The Hall–Kier alpha value is -1.92. The first-order valence-electron chi connectivity index (χ1n) is 7.61. The van der Waals surface area contributed by atoms with Gasteiger partial charge in [-0.15, -0.1) is 0 Å². The Morgan fingerprint density at radius 1 is 1.38 bits per heavy atom. The van der Waals surface area contributed by atoms with Crippen LogP contribution >= 0.6 is 0 Å². The van der Waals surface area contributed by atoms with Crippen LogP contribution < -0.4 is 10.2 Å². The number of nitro groups is 1. The Morgan fingerprint density at radius 3 is 2.62 bits per heavy atom. The van der Waals surface area contributed by atoms with E-state index in [-0.39, 0.29) is 5.69 Å². The van der Waals surface area contributed by atoms with Gasteiger partial charge in [0.15, 0.2) is 0 Å². The highest BCUT2D eigenvalue weighted by atomic mass is 16.6. The van der Waals surface area contributed by atoms with Crippen LogP contribution in [-0.4, -0.2) is 34.5 Å². The van der Waals surface area contributed by atoms with Crippen LogP contribution in [0.1, 0.15) is 45.4 Å². The van der Waals surface area contributed by atoms with Gasteiger partial charge in [-0.1, -0.05) is 25.7 Å². The Kier molecular flexibility index (Phi) is 5.30. The lowest BCUT2D eigenvalue weighted by atomic mass is 10.1. The van der Waals surface area contributed by atoms with Gasteiger partial charge in [-0.05, 0) is 19.8 Å². The summed E-state index contributed by atoms with van der Waals surface area (Å²) < 4.78 is 0. The lowest BCUT2D eigenvalue weighted by Gasteiger charge is -2.27. The second kappa shape index (κ2) is 7.19. The summed E-state index contributed by atoms with van der Waals surface area (Å²) in [5, 5.41) is 14.2. The average molecular weight is 293 g/mol. The van der Waals surface area contributed by atoms with Crippen molar-refractivity contribution in [2.75, 3.05) is 23.8 Å². The van der Waals surface area contributed by atoms with Gasteiger partial charge in [0.05, 0.1) is 4.92 Å². The number of nitrogens with zero attached hydrogens (tertiary/aromatic N) is 4. The molecule has 116 valence electrons. The maximum absolute atomic E-state index is 11.2. The lowest BCUT2D eigenvalue weighted by Crippen LogP contribution is -2.32. The Bertz CT molecular complexity index is 486. The van der Waals surface area contributed by atoms with Crippen molar-refractivity contribution in [3.8, 4) is 0 Å². The van der Waals surface area contributed by atoms with Gasteiger partial charge in [0.25, 0.3) is 0 Å². The average Bonchev–Trinajstić information content (AvgIpc) is 2.75. The molecule has 1 aliphatic rings. The van der Waals surface area contributed by atoms with Crippen LogP contribution in [0.15, 0.2) is 6.20 Å². The molecule has 0 aliphatic heterocycles. The van der Waals surface area contributed by atoms with E-state index in [1.165, 1.54) is 31.9 Å². The van der Waals surface area contributed by atoms with Gasteiger partial charge < -0.3 is 10.2 Å². The van der Waals surface area contributed by atoms with Gasteiger partial charge in [-0.3, -0.25) is 10.1 Å². The molecule has 0 bridgehead atoms. The molecule has 1 saturated carbocycles. The molecule has 21 heavy (non-hydrogen) atoms. The van der Waals surface area contributed by atoms with Crippen LogP contribution in [0.3, 0.4) is 0 Å². The number of aromatic nitrogens is 2. The van der Waals surface area contributed by atoms with Crippen LogP contribution in [0, 0.1) is 10.1 Å². The molecule has 1 aromatic heterocycles. The lowest BCUT2D eigenvalue weighted by molar-refractivity contribution is -0.384. The standard InChI is InChI=1S/C14H23N5O2/c1-3-15-14-16-10-12(19(20)21)13(17-14)18(2)11-8-6-4-5-7-9-11/h10-11H,3-9H2,1-2H3,(H,15,16,17). The smallest absolute Gasteiger partial charge is 0.329 e. The monoisotopic (exact) mass is 293 g/mol. The highest BCUT2D eigenvalue weighted by Crippen LogP contribution is 2.30. The van der Waals surface area contributed by atoms with Gasteiger partial charge in [0.2, 0.25) is 11.8 Å². The predicted molar refractivity (Wildman–Crippen MR) is 82.7 cm³/mol. The fraction of sp³-hybridized carbons (Fsp3) is 0.714. The van der Waals surface area contributed by atoms with Gasteiger partial charge in [-0.2, -0.15) is 4.98 Å². The summed E-state index contributed by atoms with van der Waals surface area (Å²) in [7, 11) is 1.90. The van der Waals surface area contributed by atoms with E-state index in [4.69, 9.17) is 0 Å². The van der Waals surface area contributed by atoms with E-state index in [9.17, 15) is 10.1 Å². The van der Waals surface area contributed by atoms with Crippen LogP contribution in [0.25, 0.3) is 0 Å². The van der Waals surface area contributed by atoms with Crippen molar-refractivity contribution < 1.29 is 4.92 Å². The van der Waals surface area contributed by atoms with Crippen molar-refractivity contribution in [3.63, 3.8) is 0 Å². The van der Waals surface area contributed by atoms with Crippen LogP contribution in [0.4, 0.5) is 17.5 Å². The SMILES string of the molecule is CCNc1ncc([N+](=O)[O-])c(N(C)C2CCCCCC2)n1. The molecular weight excluding hydrogens is 270 g/mol. The molecule has 0 radical (unpaired) electrons. The minimum absolute atomic E-state index is 0.0246. The first-order chi connectivity index (χ1) is 10.1. The number of rotatable bonds is 5. The number of hydrogen-bond acceptors (Lipinski definition) is 6. The maximum Gasteiger partial charge on any atom is 0.329 e. The topological polar surface area (TPSA) is 84.2 Å². The molecule has 2 rings (SSSR count). The number of nitrogens with one attached hydrogen (secondary N) is 1. The molecule has 1 fully saturated rings. The molecule has 1 aliphatic carbocycles. The fourth-order valence-electron chi connectivity index (χ4n) is 2.82. The molecule has 0 amide bonds. The van der Waals surface area contributed by atoms with Crippen LogP contribution in [0.2, 0.25) is 0 Å². The summed E-state index contributed by atoms with van der Waals surface area (Å²) >= 11 is 0. The molecule has 0 atom stereocenters. The van der Waals surface area contributed by atoms with Crippen molar-refractivity contribution in [1.82, 2.24) is 9.97 Å². The molecular formula is C14H23N5O2. The quantitative estimate of drug-likeness (QED) is 0.510. The predicted octanol–water partition coefficient (Wildman–Crippen LogP) is 2.98. The minimum Gasteiger partial charge on any atom is -0.354 e. The zero-order valence-corrected chi connectivity index (χ0v) is 12.7. The van der Waals surface area contributed by atoms with E-state index in [0.717, 1.165) is 12.8 Å². The summed E-state index contributed by atoms with van der Waals surface area (Å²) in [5.41, 5.74) is -0.0246. The molecule has 0 aromatic carbocycles. The largest absolute Gasteiger partial charge is 0.354 e. The Labute approximate surface area is 124 Å². The van der Waals surface area contributed by atoms with Crippen LogP contribution in [-0.2, 0) is 0 Å². The molecule has 1 N–H and O–H groups in total. The Balaban J connectivity index is 2.29. The third kappa shape index (κ3) is 3.80. The summed E-state index contributed by atoms with van der Waals surface area (Å²) in [6.07, 6.45) is 8.27. The normalized spacial score (nSPS) is 16.3. The molecule has 7 nitrogen and oxygen atoms in total. The summed E-state index contributed by atoms with van der Waals surface area (Å²) in [6.45, 7) is 2.63. The van der Waals surface area contributed by atoms with E-state index in [1.807, 2.05) is 18.9 Å². The van der Waals surface area contributed by atoms with E-state index < -0.39 is 4.92 Å². The summed E-state index contributed by atoms with van der Waals surface area (Å²) in [5.74, 6) is 0.858. The molecule has 0 unspecified atom stereocenters. The zero-order valence-electron chi connectivity index (χ0n) is 12.7. The molecule has 1 aromatic rings. The highest BCUT2D eigenvalue weighted by molar-refractivity contribution is 5.59. The van der Waals surface area contributed by atoms with E-state index in [2.05, 4.69) is 15.3 Å². The molecule has 0 saturated heterocycles. The first-order valence-corrected chi connectivity index (χ1v) is 7.61. The van der Waals surface area contributed by atoms with Gasteiger partial charge >= 0.3 is 5.69 Å². The maximum atomic E-state index is 11.2. The van der Waals surface area contributed by atoms with Crippen molar-refractivity contribution in [1.29, 1.82) is 0 Å². The van der Waals surface area contributed by atoms with E-state index in [0.29, 0.717) is 24.4 Å². The second-order valence-corrected chi connectivity index (χ2v) is 5.45. The highest BCUT2D eigenvalue weighted by Gasteiger charge is 2.26. The fourth-order valence-corrected chi connectivity index (χ4v) is 2.82. The van der Waals surface area contributed by atoms with E-state index >= 15 is 0 Å². The van der Waals surface area contributed by atoms with Crippen LogP contribution in [0.5, 0.6) is 0 Å². The molecule has 7 heteroatoms. The molecule has 1 heterocycles.